The molecule has 0 aliphatic carbocycles. The van der Waals surface area contributed by atoms with E-state index in [1.807, 2.05) is 48.5 Å². The van der Waals surface area contributed by atoms with E-state index >= 15 is 0 Å². The first-order chi connectivity index (χ1) is 10.7. The zero-order valence-corrected chi connectivity index (χ0v) is 12.5. The molecule has 2 aromatic carbocycles. The molecule has 0 aliphatic heterocycles. The van der Waals surface area contributed by atoms with Gasteiger partial charge in [-0.1, -0.05) is 54.6 Å². The van der Waals surface area contributed by atoms with Crippen molar-refractivity contribution >= 4 is 5.82 Å². The van der Waals surface area contributed by atoms with Crippen LogP contribution < -0.4 is 11.5 Å². The van der Waals surface area contributed by atoms with E-state index < -0.39 is 0 Å². The summed E-state index contributed by atoms with van der Waals surface area (Å²) in [5, 5.41) is 0. The molecular formula is C18H18N4. The maximum Gasteiger partial charge on any atom is 0.162 e. The standard InChI is InChI=1S/C18H18N4/c1-12-7-5-6-10-14(12)16-15(11-19)17(20)22-18(21-16)13-8-3-2-4-9-13/h2-10H,11,19H2,1H3,(H2,20,21,22). The smallest absolute Gasteiger partial charge is 0.162 e. The number of rotatable bonds is 3. The number of anilines is 1. The molecule has 0 unspecified atom stereocenters. The maximum absolute atomic E-state index is 6.13. The van der Waals surface area contributed by atoms with Crippen LogP contribution in [0.4, 0.5) is 5.82 Å². The van der Waals surface area contributed by atoms with E-state index in [-0.39, 0.29) is 0 Å². The van der Waals surface area contributed by atoms with Crippen molar-refractivity contribution in [2.45, 2.75) is 13.5 Å². The average Bonchev–Trinajstić information content (AvgIpc) is 2.55. The molecule has 4 N–H and O–H groups in total. The number of benzene rings is 2. The van der Waals surface area contributed by atoms with Gasteiger partial charge in [-0.15, -0.1) is 0 Å². The molecule has 3 rings (SSSR count). The molecule has 4 heteroatoms. The topological polar surface area (TPSA) is 77.8 Å². The number of aromatic nitrogens is 2. The number of hydrogen-bond acceptors (Lipinski definition) is 4. The van der Waals surface area contributed by atoms with Gasteiger partial charge in [-0.2, -0.15) is 0 Å². The predicted octanol–water partition coefficient (Wildman–Crippen LogP) is 3.16. The van der Waals surface area contributed by atoms with Gasteiger partial charge in [-0.25, -0.2) is 9.97 Å². The number of nitrogens with zero attached hydrogens (tertiary/aromatic N) is 2. The summed E-state index contributed by atoms with van der Waals surface area (Å²) in [5.74, 6) is 1.06. The van der Waals surface area contributed by atoms with Gasteiger partial charge in [0.1, 0.15) is 5.82 Å². The highest BCUT2D eigenvalue weighted by molar-refractivity contribution is 5.73. The van der Waals surface area contributed by atoms with Crippen molar-refractivity contribution in [2.75, 3.05) is 5.73 Å². The molecule has 0 atom stereocenters. The molecule has 0 saturated heterocycles. The highest BCUT2D eigenvalue weighted by atomic mass is 15.0. The minimum atomic E-state index is 0.310. The molecule has 0 amide bonds. The van der Waals surface area contributed by atoms with E-state index in [0.717, 1.165) is 27.9 Å². The van der Waals surface area contributed by atoms with Gasteiger partial charge >= 0.3 is 0 Å². The Morgan fingerprint density at radius 2 is 1.59 bits per heavy atom. The van der Waals surface area contributed by atoms with Gasteiger partial charge in [-0.05, 0) is 12.5 Å². The van der Waals surface area contributed by atoms with Crippen molar-refractivity contribution in [1.29, 1.82) is 0 Å². The van der Waals surface area contributed by atoms with E-state index in [1.165, 1.54) is 0 Å². The molecule has 4 nitrogen and oxygen atoms in total. The van der Waals surface area contributed by atoms with Crippen LogP contribution in [-0.2, 0) is 6.54 Å². The van der Waals surface area contributed by atoms with Crippen molar-refractivity contribution in [2.24, 2.45) is 5.73 Å². The summed E-state index contributed by atoms with van der Waals surface area (Å²) in [6.07, 6.45) is 0. The van der Waals surface area contributed by atoms with Crippen LogP contribution in [0.1, 0.15) is 11.1 Å². The predicted molar refractivity (Wildman–Crippen MR) is 89.9 cm³/mol. The Balaban J connectivity index is 2.25. The summed E-state index contributed by atoms with van der Waals surface area (Å²) in [6.45, 7) is 2.36. The van der Waals surface area contributed by atoms with Crippen LogP contribution in [0.5, 0.6) is 0 Å². The first-order valence-electron chi connectivity index (χ1n) is 7.18. The third-order valence-electron chi connectivity index (χ3n) is 3.68. The highest BCUT2D eigenvalue weighted by Gasteiger charge is 2.15. The Bertz CT molecular complexity index is 797. The third-order valence-corrected chi connectivity index (χ3v) is 3.68. The molecule has 0 saturated carbocycles. The van der Waals surface area contributed by atoms with Crippen LogP contribution >= 0.6 is 0 Å². The maximum atomic E-state index is 6.13. The van der Waals surface area contributed by atoms with Crippen LogP contribution in [0.2, 0.25) is 0 Å². The fraction of sp³-hybridized carbons (Fsp3) is 0.111. The molecule has 110 valence electrons. The summed E-state index contributed by atoms with van der Waals surface area (Å²) in [4.78, 5) is 9.15. The average molecular weight is 290 g/mol. The second-order valence-corrected chi connectivity index (χ2v) is 5.14. The van der Waals surface area contributed by atoms with Gasteiger partial charge in [0.15, 0.2) is 5.82 Å². The molecular weight excluding hydrogens is 272 g/mol. The summed E-state index contributed by atoms with van der Waals surface area (Å²) < 4.78 is 0. The van der Waals surface area contributed by atoms with E-state index in [2.05, 4.69) is 18.0 Å². The minimum Gasteiger partial charge on any atom is -0.383 e. The van der Waals surface area contributed by atoms with E-state index in [0.29, 0.717) is 18.2 Å². The van der Waals surface area contributed by atoms with E-state index in [1.54, 1.807) is 0 Å². The van der Waals surface area contributed by atoms with Gasteiger partial charge in [0, 0.05) is 23.2 Å². The molecule has 0 aliphatic rings. The molecule has 22 heavy (non-hydrogen) atoms. The van der Waals surface area contributed by atoms with Gasteiger partial charge in [-0.3, -0.25) is 0 Å². The second-order valence-electron chi connectivity index (χ2n) is 5.14. The third kappa shape index (κ3) is 2.56. The molecule has 0 radical (unpaired) electrons. The van der Waals surface area contributed by atoms with Crippen LogP contribution in [0.15, 0.2) is 54.6 Å². The van der Waals surface area contributed by atoms with Crippen LogP contribution in [0, 0.1) is 6.92 Å². The SMILES string of the molecule is Cc1ccccc1-c1nc(-c2ccccc2)nc(N)c1CN. The van der Waals surface area contributed by atoms with Crippen molar-refractivity contribution < 1.29 is 0 Å². The van der Waals surface area contributed by atoms with Crippen LogP contribution in [0.3, 0.4) is 0 Å². The quantitative estimate of drug-likeness (QED) is 0.776. The van der Waals surface area contributed by atoms with Crippen molar-refractivity contribution in [3.05, 3.63) is 65.7 Å². The van der Waals surface area contributed by atoms with Crippen molar-refractivity contribution in [3.63, 3.8) is 0 Å². The molecule has 3 aromatic rings. The van der Waals surface area contributed by atoms with Gasteiger partial charge < -0.3 is 11.5 Å². The Labute approximate surface area is 129 Å². The first-order valence-corrected chi connectivity index (χ1v) is 7.18. The highest BCUT2D eigenvalue weighted by Crippen LogP contribution is 2.29. The summed E-state index contributed by atoms with van der Waals surface area (Å²) >= 11 is 0. The monoisotopic (exact) mass is 290 g/mol. The van der Waals surface area contributed by atoms with Crippen molar-refractivity contribution in [3.8, 4) is 22.6 Å². The fourth-order valence-electron chi connectivity index (χ4n) is 2.48. The molecule has 1 heterocycles. The van der Waals surface area contributed by atoms with Crippen LogP contribution in [0.25, 0.3) is 22.6 Å². The van der Waals surface area contributed by atoms with Gasteiger partial charge in [0.05, 0.1) is 5.69 Å². The zero-order valence-electron chi connectivity index (χ0n) is 12.5. The number of nitrogens with two attached hydrogens (primary N) is 2. The Morgan fingerprint density at radius 1 is 0.909 bits per heavy atom. The van der Waals surface area contributed by atoms with Gasteiger partial charge in [0.2, 0.25) is 0 Å². The molecule has 0 spiro atoms. The van der Waals surface area contributed by atoms with E-state index in [9.17, 15) is 0 Å². The molecule has 1 aromatic heterocycles. The Morgan fingerprint density at radius 3 is 2.27 bits per heavy atom. The molecule has 0 bridgehead atoms. The lowest BCUT2D eigenvalue weighted by molar-refractivity contribution is 1.02. The lowest BCUT2D eigenvalue weighted by atomic mass is 10.0. The first kappa shape index (κ1) is 14.2. The second kappa shape index (κ2) is 5.95. The van der Waals surface area contributed by atoms with Crippen LogP contribution in [-0.4, -0.2) is 9.97 Å². The largest absolute Gasteiger partial charge is 0.383 e. The number of hydrogen-bond donors (Lipinski definition) is 2. The Hall–Kier alpha value is -2.72. The van der Waals surface area contributed by atoms with Gasteiger partial charge in [0.25, 0.3) is 0 Å². The van der Waals surface area contributed by atoms with Crippen molar-refractivity contribution in [1.82, 2.24) is 9.97 Å². The fourth-order valence-corrected chi connectivity index (χ4v) is 2.48. The number of aryl methyl sites for hydroxylation is 1. The minimum absolute atomic E-state index is 0.310. The summed E-state index contributed by atoms with van der Waals surface area (Å²) in [6, 6.07) is 17.9. The number of nitrogen functional groups attached to an aromatic ring is 1. The summed E-state index contributed by atoms with van der Waals surface area (Å²) in [5.41, 5.74) is 16.7. The lowest BCUT2D eigenvalue weighted by Gasteiger charge is -2.13. The normalized spacial score (nSPS) is 10.6. The van der Waals surface area contributed by atoms with E-state index in [4.69, 9.17) is 16.5 Å². The molecule has 0 fully saturated rings. The Kier molecular flexibility index (Phi) is 3.85. The summed E-state index contributed by atoms with van der Waals surface area (Å²) in [7, 11) is 0. The zero-order chi connectivity index (χ0) is 15.5. The lowest BCUT2D eigenvalue weighted by Crippen LogP contribution is -2.09.